The molecule has 0 bridgehead atoms. The van der Waals surface area contributed by atoms with E-state index in [1.54, 1.807) is 4.90 Å². The van der Waals surface area contributed by atoms with E-state index in [1.807, 2.05) is 20.8 Å². The Labute approximate surface area is 98.1 Å². The van der Waals surface area contributed by atoms with Gasteiger partial charge in [0.2, 0.25) is 0 Å². The van der Waals surface area contributed by atoms with E-state index in [0.717, 1.165) is 6.42 Å². The standard InChI is InChI=1S/C12H24N2O2/c1-8(2)10-9(13)6-7-14(10)11(15)16-12(3,4)5/h8-10H,6-7,13H2,1-5H3/t9-,10+/m1/s1. The van der Waals surface area contributed by atoms with Gasteiger partial charge in [-0.1, -0.05) is 13.8 Å². The van der Waals surface area contributed by atoms with E-state index in [2.05, 4.69) is 13.8 Å². The van der Waals surface area contributed by atoms with Crippen molar-refractivity contribution in [3.05, 3.63) is 0 Å². The van der Waals surface area contributed by atoms with Crippen LogP contribution in [0.25, 0.3) is 0 Å². The number of hydrogen-bond donors (Lipinski definition) is 1. The monoisotopic (exact) mass is 228 g/mol. The van der Waals surface area contributed by atoms with Gasteiger partial charge in [0, 0.05) is 12.6 Å². The molecule has 16 heavy (non-hydrogen) atoms. The SMILES string of the molecule is CC(C)[C@H]1[C@H](N)CCN1C(=O)OC(C)(C)C. The molecule has 1 amide bonds. The maximum Gasteiger partial charge on any atom is 0.410 e. The number of likely N-dealkylation sites (tertiary alicyclic amines) is 1. The first-order chi connectivity index (χ1) is 7.22. The average molecular weight is 228 g/mol. The number of carbonyl (C=O) groups excluding carboxylic acids is 1. The van der Waals surface area contributed by atoms with Gasteiger partial charge in [-0.05, 0) is 33.1 Å². The molecule has 4 nitrogen and oxygen atoms in total. The third-order valence-corrected chi connectivity index (χ3v) is 2.81. The number of rotatable bonds is 1. The van der Waals surface area contributed by atoms with Gasteiger partial charge >= 0.3 is 6.09 Å². The molecule has 0 aromatic heterocycles. The lowest BCUT2D eigenvalue weighted by Gasteiger charge is -2.32. The zero-order chi connectivity index (χ0) is 12.5. The molecule has 94 valence electrons. The highest BCUT2D eigenvalue weighted by molar-refractivity contribution is 5.69. The number of carbonyl (C=O) groups is 1. The van der Waals surface area contributed by atoms with E-state index in [4.69, 9.17) is 10.5 Å². The van der Waals surface area contributed by atoms with Gasteiger partial charge in [-0.3, -0.25) is 0 Å². The minimum atomic E-state index is -0.439. The molecular formula is C12H24N2O2. The molecule has 0 aromatic carbocycles. The summed E-state index contributed by atoms with van der Waals surface area (Å²) in [6.07, 6.45) is 0.626. The first-order valence-corrected chi connectivity index (χ1v) is 5.97. The molecule has 1 aliphatic rings. The number of amides is 1. The Morgan fingerprint density at radius 3 is 2.44 bits per heavy atom. The van der Waals surface area contributed by atoms with Crippen molar-refractivity contribution in [3.63, 3.8) is 0 Å². The van der Waals surface area contributed by atoms with Crippen molar-refractivity contribution in [3.8, 4) is 0 Å². The van der Waals surface area contributed by atoms with Crippen LogP contribution in [0.15, 0.2) is 0 Å². The van der Waals surface area contributed by atoms with Crippen LogP contribution < -0.4 is 5.73 Å². The van der Waals surface area contributed by atoms with Gasteiger partial charge in [0.15, 0.2) is 0 Å². The van der Waals surface area contributed by atoms with Gasteiger partial charge in [-0.2, -0.15) is 0 Å². The van der Waals surface area contributed by atoms with Gasteiger partial charge in [0.05, 0.1) is 6.04 Å². The van der Waals surface area contributed by atoms with Gasteiger partial charge in [-0.25, -0.2) is 4.79 Å². The van der Waals surface area contributed by atoms with Gasteiger partial charge < -0.3 is 15.4 Å². The highest BCUT2D eigenvalue weighted by atomic mass is 16.6. The summed E-state index contributed by atoms with van der Waals surface area (Å²) in [6, 6.07) is 0.183. The first-order valence-electron chi connectivity index (χ1n) is 5.97. The van der Waals surface area contributed by atoms with E-state index in [0.29, 0.717) is 12.5 Å². The van der Waals surface area contributed by atoms with Crippen LogP contribution in [0.3, 0.4) is 0 Å². The Bertz CT molecular complexity index is 258. The van der Waals surface area contributed by atoms with Crippen LogP contribution in [0.2, 0.25) is 0 Å². The molecule has 0 unspecified atom stereocenters. The van der Waals surface area contributed by atoms with Crippen molar-refractivity contribution in [2.45, 2.75) is 58.7 Å². The lowest BCUT2D eigenvalue weighted by Crippen LogP contribution is -2.47. The van der Waals surface area contributed by atoms with Gasteiger partial charge in [0.25, 0.3) is 0 Å². The summed E-state index contributed by atoms with van der Waals surface area (Å²) < 4.78 is 5.38. The second-order valence-corrected chi connectivity index (χ2v) is 5.86. The Balaban J connectivity index is 2.69. The van der Waals surface area contributed by atoms with Crippen molar-refractivity contribution in [1.82, 2.24) is 4.90 Å². The third-order valence-electron chi connectivity index (χ3n) is 2.81. The van der Waals surface area contributed by atoms with Crippen molar-refractivity contribution in [2.24, 2.45) is 11.7 Å². The summed E-state index contributed by atoms with van der Waals surface area (Å²) in [6.45, 7) is 10.5. The van der Waals surface area contributed by atoms with Gasteiger partial charge in [-0.15, -0.1) is 0 Å². The number of nitrogens with two attached hydrogens (primary N) is 1. The summed E-state index contributed by atoms with van der Waals surface area (Å²) in [4.78, 5) is 13.7. The van der Waals surface area contributed by atoms with Crippen LogP contribution >= 0.6 is 0 Å². The highest BCUT2D eigenvalue weighted by Gasteiger charge is 2.38. The Hall–Kier alpha value is -0.770. The van der Waals surface area contributed by atoms with Crippen LogP contribution in [0.5, 0.6) is 0 Å². The van der Waals surface area contributed by atoms with Crippen LogP contribution in [-0.4, -0.2) is 35.2 Å². The van der Waals surface area contributed by atoms with Crippen molar-refractivity contribution < 1.29 is 9.53 Å². The summed E-state index contributed by atoms with van der Waals surface area (Å²) in [5.41, 5.74) is 5.58. The zero-order valence-electron chi connectivity index (χ0n) is 11.0. The smallest absolute Gasteiger partial charge is 0.410 e. The maximum absolute atomic E-state index is 12.0. The zero-order valence-corrected chi connectivity index (χ0v) is 11.0. The van der Waals surface area contributed by atoms with E-state index in [1.165, 1.54) is 0 Å². The molecule has 0 radical (unpaired) electrons. The number of nitrogens with zero attached hydrogens (tertiary/aromatic N) is 1. The fourth-order valence-electron chi connectivity index (χ4n) is 2.23. The molecule has 0 aliphatic carbocycles. The van der Waals surface area contributed by atoms with Gasteiger partial charge in [0.1, 0.15) is 5.60 Å². The van der Waals surface area contributed by atoms with E-state index >= 15 is 0 Å². The molecule has 4 heteroatoms. The molecule has 1 aliphatic heterocycles. The lowest BCUT2D eigenvalue weighted by molar-refractivity contribution is 0.0182. The number of ether oxygens (including phenoxy) is 1. The molecule has 0 spiro atoms. The molecular weight excluding hydrogens is 204 g/mol. The molecule has 1 fully saturated rings. The van der Waals surface area contributed by atoms with Crippen LogP contribution in [0.1, 0.15) is 41.0 Å². The van der Waals surface area contributed by atoms with Crippen LogP contribution in [0.4, 0.5) is 4.79 Å². The largest absolute Gasteiger partial charge is 0.444 e. The predicted molar refractivity (Wildman–Crippen MR) is 64.2 cm³/mol. The number of hydrogen-bond acceptors (Lipinski definition) is 3. The molecule has 2 atom stereocenters. The topological polar surface area (TPSA) is 55.6 Å². The lowest BCUT2D eigenvalue weighted by atomic mass is 9.98. The highest BCUT2D eigenvalue weighted by Crippen LogP contribution is 2.25. The fraction of sp³-hybridized carbons (Fsp3) is 0.917. The molecule has 2 N–H and O–H groups in total. The molecule has 0 aromatic rings. The van der Waals surface area contributed by atoms with Crippen molar-refractivity contribution in [1.29, 1.82) is 0 Å². The van der Waals surface area contributed by atoms with E-state index in [-0.39, 0.29) is 18.2 Å². The van der Waals surface area contributed by atoms with Crippen molar-refractivity contribution in [2.75, 3.05) is 6.54 Å². The third kappa shape index (κ3) is 3.11. The van der Waals surface area contributed by atoms with Crippen LogP contribution in [-0.2, 0) is 4.74 Å². The average Bonchev–Trinajstić information content (AvgIpc) is 2.43. The predicted octanol–water partition coefficient (Wildman–Crippen LogP) is 1.98. The second-order valence-electron chi connectivity index (χ2n) is 5.86. The maximum atomic E-state index is 12.0. The van der Waals surface area contributed by atoms with Crippen molar-refractivity contribution >= 4 is 6.09 Å². The minimum Gasteiger partial charge on any atom is -0.444 e. The minimum absolute atomic E-state index is 0.0764. The Morgan fingerprint density at radius 2 is 2.00 bits per heavy atom. The van der Waals surface area contributed by atoms with Crippen LogP contribution in [0, 0.1) is 5.92 Å². The second kappa shape index (κ2) is 4.62. The fourth-order valence-corrected chi connectivity index (χ4v) is 2.23. The molecule has 1 rings (SSSR count). The Morgan fingerprint density at radius 1 is 1.44 bits per heavy atom. The summed E-state index contributed by atoms with van der Waals surface area (Å²) >= 11 is 0. The molecule has 1 heterocycles. The summed E-state index contributed by atoms with van der Waals surface area (Å²) in [7, 11) is 0. The summed E-state index contributed by atoms with van der Waals surface area (Å²) in [5, 5.41) is 0. The quantitative estimate of drug-likeness (QED) is 0.746. The first kappa shape index (κ1) is 13.3. The normalized spacial score (nSPS) is 26.3. The Kier molecular flexibility index (Phi) is 3.84. The summed E-state index contributed by atoms with van der Waals surface area (Å²) in [5.74, 6) is 0.366. The molecule has 0 saturated carbocycles. The van der Waals surface area contributed by atoms with E-state index < -0.39 is 5.60 Å². The molecule has 1 saturated heterocycles. The van der Waals surface area contributed by atoms with E-state index in [9.17, 15) is 4.79 Å².